The fraction of sp³-hybridized carbons (Fsp3) is 0.231. The van der Waals surface area contributed by atoms with Crippen LogP contribution in [0.5, 0.6) is 0 Å². The summed E-state index contributed by atoms with van der Waals surface area (Å²) in [6, 6.07) is 3.32. The number of hydrogen-bond donors (Lipinski definition) is 1. The molecule has 0 saturated carbocycles. The molecular formula is C13H12ClF2N3. The van der Waals surface area contributed by atoms with Crippen LogP contribution in [0.3, 0.4) is 0 Å². The molecule has 19 heavy (non-hydrogen) atoms. The largest absolute Gasteiger partial charge is 0.364 e. The predicted octanol–water partition coefficient (Wildman–Crippen LogP) is 3.64. The Hall–Kier alpha value is -1.75. The van der Waals surface area contributed by atoms with Gasteiger partial charge in [-0.3, -0.25) is 0 Å². The first-order chi connectivity index (χ1) is 8.99. The van der Waals surface area contributed by atoms with Crippen molar-refractivity contribution in [1.82, 2.24) is 10.2 Å². The highest BCUT2D eigenvalue weighted by atomic mass is 35.5. The molecular weight excluding hydrogens is 272 g/mol. The molecule has 0 saturated heterocycles. The van der Waals surface area contributed by atoms with Crippen molar-refractivity contribution in [3.8, 4) is 0 Å². The maximum atomic E-state index is 13.5. The summed E-state index contributed by atoms with van der Waals surface area (Å²) in [7, 11) is 0. The topological polar surface area (TPSA) is 37.8 Å². The van der Waals surface area contributed by atoms with Gasteiger partial charge in [-0.25, -0.2) is 8.78 Å². The van der Waals surface area contributed by atoms with E-state index in [4.69, 9.17) is 11.6 Å². The molecule has 0 aliphatic rings. The van der Waals surface area contributed by atoms with Gasteiger partial charge in [-0.15, -0.1) is 10.2 Å². The second-order valence-corrected chi connectivity index (χ2v) is 4.54. The van der Waals surface area contributed by atoms with Crippen molar-refractivity contribution >= 4 is 17.4 Å². The maximum Gasteiger partial charge on any atom is 0.155 e. The molecule has 0 fully saturated rings. The molecule has 0 atom stereocenters. The summed E-state index contributed by atoms with van der Waals surface area (Å²) >= 11 is 5.84. The minimum Gasteiger partial charge on any atom is -0.364 e. The molecule has 0 amide bonds. The standard InChI is InChI=1S/C13H12ClF2N3/c1-7-8(2)13(19-18-12(7)14)17-6-9-5-10(15)3-4-11(9)16/h3-5H,6H2,1-2H3,(H,17,19). The SMILES string of the molecule is Cc1c(Cl)nnc(NCc2cc(F)ccc2F)c1C. The Morgan fingerprint density at radius 2 is 1.89 bits per heavy atom. The molecule has 3 nitrogen and oxygen atoms in total. The lowest BCUT2D eigenvalue weighted by molar-refractivity contribution is 0.587. The van der Waals surface area contributed by atoms with Gasteiger partial charge in [0.25, 0.3) is 0 Å². The third kappa shape index (κ3) is 2.98. The first-order valence-corrected chi connectivity index (χ1v) is 6.04. The maximum absolute atomic E-state index is 13.5. The molecule has 1 aromatic heterocycles. The van der Waals surface area contributed by atoms with Gasteiger partial charge < -0.3 is 5.32 Å². The molecule has 1 heterocycles. The van der Waals surface area contributed by atoms with E-state index in [1.807, 2.05) is 13.8 Å². The highest BCUT2D eigenvalue weighted by Gasteiger charge is 2.09. The van der Waals surface area contributed by atoms with E-state index in [9.17, 15) is 8.78 Å². The van der Waals surface area contributed by atoms with Crippen LogP contribution >= 0.6 is 11.6 Å². The lowest BCUT2D eigenvalue weighted by atomic mass is 10.2. The number of nitrogens with one attached hydrogen (secondary N) is 1. The molecule has 0 spiro atoms. The van der Waals surface area contributed by atoms with Gasteiger partial charge in [0.05, 0.1) is 0 Å². The van der Waals surface area contributed by atoms with E-state index in [0.29, 0.717) is 11.0 Å². The molecule has 0 bridgehead atoms. The minimum absolute atomic E-state index is 0.125. The smallest absolute Gasteiger partial charge is 0.155 e. The Bertz CT molecular complexity index is 617. The molecule has 1 aromatic carbocycles. The van der Waals surface area contributed by atoms with Crippen molar-refractivity contribution in [3.05, 3.63) is 51.7 Å². The van der Waals surface area contributed by atoms with Gasteiger partial charge >= 0.3 is 0 Å². The summed E-state index contributed by atoms with van der Waals surface area (Å²) in [6.07, 6.45) is 0. The second kappa shape index (κ2) is 5.48. The summed E-state index contributed by atoms with van der Waals surface area (Å²) in [5, 5.41) is 10.9. The Kier molecular flexibility index (Phi) is 3.95. The van der Waals surface area contributed by atoms with E-state index in [0.717, 1.165) is 29.3 Å². The number of hydrogen-bond acceptors (Lipinski definition) is 3. The first kappa shape index (κ1) is 13.7. The Morgan fingerprint density at radius 3 is 2.63 bits per heavy atom. The molecule has 0 unspecified atom stereocenters. The van der Waals surface area contributed by atoms with E-state index >= 15 is 0 Å². The van der Waals surface area contributed by atoms with E-state index in [1.54, 1.807) is 0 Å². The zero-order valence-corrected chi connectivity index (χ0v) is 11.2. The quantitative estimate of drug-likeness (QED) is 0.934. The Balaban J connectivity index is 2.19. The molecule has 0 radical (unpaired) electrons. The number of anilines is 1. The number of halogens is 3. The molecule has 2 rings (SSSR count). The Labute approximate surface area is 114 Å². The van der Waals surface area contributed by atoms with Gasteiger partial charge in [-0.05, 0) is 43.2 Å². The summed E-state index contributed by atoms with van der Waals surface area (Å²) in [5.41, 5.74) is 1.87. The van der Waals surface area contributed by atoms with Crippen molar-refractivity contribution < 1.29 is 8.78 Å². The van der Waals surface area contributed by atoms with Crippen LogP contribution < -0.4 is 5.32 Å². The van der Waals surface area contributed by atoms with Gasteiger partial charge in [0.2, 0.25) is 0 Å². The van der Waals surface area contributed by atoms with E-state index in [2.05, 4.69) is 15.5 Å². The van der Waals surface area contributed by atoms with Crippen LogP contribution in [0.1, 0.15) is 16.7 Å². The monoisotopic (exact) mass is 283 g/mol. The molecule has 0 aliphatic heterocycles. The molecule has 0 aliphatic carbocycles. The normalized spacial score (nSPS) is 10.6. The number of aromatic nitrogens is 2. The lowest BCUT2D eigenvalue weighted by Gasteiger charge is -2.10. The number of benzene rings is 1. The molecule has 100 valence electrons. The van der Waals surface area contributed by atoms with Crippen molar-refractivity contribution in [2.24, 2.45) is 0 Å². The zero-order valence-electron chi connectivity index (χ0n) is 10.5. The van der Waals surface area contributed by atoms with Gasteiger partial charge in [-0.2, -0.15) is 0 Å². The highest BCUT2D eigenvalue weighted by molar-refractivity contribution is 6.30. The van der Waals surface area contributed by atoms with Crippen molar-refractivity contribution in [2.45, 2.75) is 20.4 Å². The van der Waals surface area contributed by atoms with E-state index in [-0.39, 0.29) is 12.1 Å². The molecule has 6 heteroatoms. The lowest BCUT2D eigenvalue weighted by Crippen LogP contribution is -2.07. The van der Waals surface area contributed by atoms with Crippen LogP contribution in [0.4, 0.5) is 14.6 Å². The van der Waals surface area contributed by atoms with Gasteiger partial charge in [0.1, 0.15) is 11.6 Å². The van der Waals surface area contributed by atoms with Crippen LogP contribution in [0.2, 0.25) is 5.15 Å². The summed E-state index contributed by atoms with van der Waals surface area (Å²) in [6.45, 7) is 3.78. The predicted molar refractivity (Wildman–Crippen MR) is 70.2 cm³/mol. The van der Waals surface area contributed by atoms with Gasteiger partial charge in [0.15, 0.2) is 11.0 Å². The second-order valence-electron chi connectivity index (χ2n) is 4.18. The van der Waals surface area contributed by atoms with E-state index < -0.39 is 11.6 Å². The third-order valence-electron chi connectivity index (χ3n) is 2.92. The van der Waals surface area contributed by atoms with Crippen molar-refractivity contribution in [2.75, 3.05) is 5.32 Å². The molecule has 1 N–H and O–H groups in total. The van der Waals surface area contributed by atoms with Crippen molar-refractivity contribution in [1.29, 1.82) is 0 Å². The van der Waals surface area contributed by atoms with Crippen LogP contribution in [-0.4, -0.2) is 10.2 Å². The van der Waals surface area contributed by atoms with Crippen LogP contribution in [0, 0.1) is 25.5 Å². The van der Waals surface area contributed by atoms with Crippen LogP contribution in [-0.2, 0) is 6.54 Å². The number of rotatable bonds is 3. The van der Waals surface area contributed by atoms with Crippen molar-refractivity contribution in [3.63, 3.8) is 0 Å². The first-order valence-electron chi connectivity index (χ1n) is 5.66. The molecule has 2 aromatic rings. The van der Waals surface area contributed by atoms with E-state index in [1.165, 1.54) is 0 Å². The van der Waals surface area contributed by atoms with Gasteiger partial charge in [-0.1, -0.05) is 11.6 Å². The average molecular weight is 284 g/mol. The third-order valence-corrected chi connectivity index (χ3v) is 3.28. The minimum atomic E-state index is -0.478. The Morgan fingerprint density at radius 1 is 1.16 bits per heavy atom. The number of nitrogens with zero attached hydrogens (tertiary/aromatic N) is 2. The average Bonchev–Trinajstić information content (AvgIpc) is 2.39. The van der Waals surface area contributed by atoms with Crippen LogP contribution in [0.25, 0.3) is 0 Å². The summed E-state index contributed by atoms with van der Waals surface area (Å²) in [5.74, 6) is -0.441. The zero-order chi connectivity index (χ0) is 14.0. The highest BCUT2D eigenvalue weighted by Crippen LogP contribution is 2.21. The fourth-order valence-corrected chi connectivity index (χ4v) is 1.78. The van der Waals surface area contributed by atoms with Gasteiger partial charge in [0, 0.05) is 12.1 Å². The van der Waals surface area contributed by atoms with Crippen LogP contribution in [0.15, 0.2) is 18.2 Å². The summed E-state index contributed by atoms with van der Waals surface area (Å²) < 4.78 is 26.5. The summed E-state index contributed by atoms with van der Waals surface area (Å²) in [4.78, 5) is 0. The fourth-order valence-electron chi connectivity index (χ4n) is 1.60.